The largest absolute Gasteiger partial charge is 0.341 e. The second-order valence-corrected chi connectivity index (χ2v) is 4.97. The van der Waals surface area contributed by atoms with Crippen LogP contribution in [0.15, 0.2) is 28.8 Å². The van der Waals surface area contributed by atoms with Gasteiger partial charge in [0.05, 0.1) is 23.6 Å². The first kappa shape index (κ1) is 12.8. The molecule has 0 fully saturated rings. The zero-order valence-corrected chi connectivity index (χ0v) is 11.8. The van der Waals surface area contributed by atoms with Gasteiger partial charge in [-0.05, 0) is 33.0 Å². The quantitative estimate of drug-likeness (QED) is 0.789. The molecule has 3 aromatic rings. The van der Waals surface area contributed by atoms with E-state index in [9.17, 15) is 0 Å². The van der Waals surface area contributed by atoms with Crippen molar-refractivity contribution in [3.8, 4) is 0 Å². The lowest BCUT2D eigenvalue weighted by molar-refractivity contribution is 0.199. The Bertz CT molecular complexity index is 684. The van der Waals surface area contributed by atoms with Gasteiger partial charge in [0.25, 0.3) is 0 Å². The SMILES string of the molecule is Cc1noc([C@H](C)N(C)Cc2nc3ccccc3[nH]2)n1. The monoisotopic (exact) mass is 271 g/mol. The molecule has 0 saturated carbocycles. The lowest BCUT2D eigenvalue weighted by atomic mass is 10.3. The average Bonchev–Trinajstić information content (AvgIpc) is 3.03. The van der Waals surface area contributed by atoms with Gasteiger partial charge in [-0.2, -0.15) is 4.98 Å². The Labute approximate surface area is 116 Å². The van der Waals surface area contributed by atoms with Gasteiger partial charge in [0.15, 0.2) is 5.82 Å². The fourth-order valence-corrected chi connectivity index (χ4v) is 2.13. The molecule has 3 rings (SSSR count). The van der Waals surface area contributed by atoms with Gasteiger partial charge in [0.1, 0.15) is 5.82 Å². The van der Waals surface area contributed by atoms with Crippen molar-refractivity contribution in [1.29, 1.82) is 0 Å². The number of hydrogen-bond acceptors (Lipinski definition) is 5. The molecular weight excluding hydrogens is 254 g/mol. The van der Waals surface area contributed by atoms with E-state index in [0.29, 0.717) is 18.3 Å². The van der Waals surface area contributed by atoms with Gasteiger partial charge >= 0.3 is 0 Å². The Morgan fingerprint density at radius 2 is 2.10 bits per heavy atom. The van der Waals surface area contributed by atoms with Crippen LogP contribution in [0.3, 0.4) is 0 Å². The molecule has 0 aliphatic rings. The van der Waals surface area contributed by atoms with Gasteiger partial charge < -0.3 is 9.51 Å². The van der Waals surface area contributed by atoms with Gasteiger partial charge in [-0.1, -0.05) is 17.3 Å². The second kappa shape index (κ2) is 5.05. The molecular formula is C14H17N5O. The van der Waals surface area contributed by atoms with E-state index in [0.717, 1.165) is 16.9 Å². The number of nitrogens with one attached hydrogen (secondary N) is 1. The van der Waals surface area contributed by atoms with Crippen molar-refractivity contribution in [1.82, 2.24) is 25.0 Å². The second-order valence-electron chi connectivity index (χ2n) is 4.97. The number of rotatable bonds is 4. The summed E-state index contributed by atoms with van der Waals surface area (Å²) in [5.74, 6) is 2.21. The van der Waals surface area contributed by atoms with Crippen molar-refractivity contribution in [3.05, 3.63) is 41.8 Å². The Balaban J connectivity index is 1.76. The lowest BCUT2D eigenvalue weighted by Crippen LogP contribution is -2.22. The molecule has 20 heavy (non-hydrogen) atoms. The number of hydrogen-bond donors (Lipinski definition) is 1. The first-order valence-electron chi connectivity index (χ1n) is 6.57. The summed E-state index contributed by atoms with van der Waals surface area (Å²) in [4.78, 5) is 14.3. The molecule has 0 unspecified atom stereocenters. The summed E-state index contributed by atoms with van der Waals surface area (Å²) >= 11 is 0. The number of imidazole rings is 1. The molecule has 1 atom stereocenters. The van der Waals surface area contributed by atoms with Crippen LogP contribution >= 0.6 is 0 Å². The van der Waals surface area contributed by atoms with Crippen molar-refractivity contribution in [3.63, 3.8) is 0 Å². The fraction of sp³-hybridized carbons (Fsp3) is 0.357. The minimum atomic E-state index is 0.0458. The topological polar surface area (TPSA) is 70.8 Å². The Morgan fingerprint density at radius 1 is 1.30 bits per heavy atom. The van der Waals surface area contributed by atoms with Crippen LogP contribution in [0, 0.1) is 6.92 Å². The molecule has 0 aliphatic heterocycles. The summed E-state index contributed by atoms with van der Waals surface area (Å²) in [5, 5.41) is 3.83. The molecule has 0 radical (unpaired) electrons. The Morgan fingerprint density at radius 3 is 2.80 bits per heavy atom. The third-order valence-corrected chi connectivity index (χ3v) is 3.40. The molecule has 6 heteroatoms. The summed E-state index contributed by atoms with van der Waals surface area (Å²) in [6.45, 7) is 4.55. The van der Waals surface area contributed by atoms with Gasteiger partial charge in [-0.15, -0.1) is 0 Å². The van der Waals surface area contributed by atoms with Crippen LogP contribution < -0.4 is 0 Å². The van der Waals surface area contributed by atoms with Crippen molar-refractivity contribution < 1.29 is 4.52 Å². The summed E-state index contributed by atoms with van der Waals surface area (Å²) in [6.07, 6.45) is 0. The van der Waals surface area contributed by atoms with E-state index in [2.05, 4.69) is 25.0 Å². The van der Waals surface area contributed by atoms with E-state index in [4.69, 9.17) is 4.52 Å². The number of nitrogens with zero attached hydrogens (tertiary/aromatic N) is 4. The van der Waals surface area contributed by atoms with Crippen LogP contribution in [0.5, 0.6) is 0 Å². The van der Waals surface area contributed by atoms with Crippen LogP contribution in [0.4, 0.5) is 0 Å². The smallest absolute Gasteiger partial charge is 0.243 e. The minimum Gasteiger partial charge on any atom is -0.341 e. The maximum Gasteiger partial charge on any atom is 0.243 e. The number of H-pyrrole nitrogens is 1. The van der Waals surface area contributed by atoms with E-state index in [1.807, 2.05) is 45.2 Å². The lowest BCUT2D eigenvalue weighted by Gasteiger charge is -2.20. The summed E-state index contributed by atoms with van der Waals surface area (Å²) in [6, 6.07) is 8.05. The first-order chi connectivity index (χ1) is 9.63. The normalized spacial score (nSPS) is 13.2. The third-order valence-electron chi connectivity index (χ3n) is 3.40. The number of para-hydroxylation sites is 2. The van der Waals surface area contributed by atoms with Crippen LogP contribution in [-0.4, -0.2) is 32.1 Å². The number of aromatic amines is 1. The zero-order valence-electron chi connectivity index (χ0n) is 11.8. The first-order valence-corrected chi connectivity index (χ1v) is 6.57. The average molecular weight is 271 g/mol. The van der Waals surface area contributed by atoms with Crippen molar-refractivity contribution in [2.45, 2.75) is 26.4 Å². The van der Waals surface area contributed by atoms with Gasteiger partial charge in [-0.25, -0.2) is 4.98 Å². The van der Waals surface area contributed by atoms with E-state index in [-0.39, 0.29) is 6.04 Å². The summed E-state index contributed by atoms with van der Waals surface area (Å²) < 4.78 is 5.21. The van der Waals surface area contributed by atoms with Crippen molar-refractivity contribution in [2.75, 3.05) is 7.05 Å². The van der Waals surface area contributed by atoms with Crippen LogP contribution in [0.1, 0.15) is 30.5 Å². The highest BCUT2D eigenvalue weighted by atomic mass is 16.5. The van der Waals surface area contributed by atoms with E-state index in [1.165, 1.54) is 0 Å². The number of fused-ring (bicyclic) bond motifs is 1. The molecule has 0 amide bonds. The maximum absolute atomic E-state index is 5.21. The van der Waals surface area contributed by atoms with Gasteiger partial charge in [0, 0.05) is 0 Å². The van der Waals surface area contributed by atoms with E-state index in [1.54, 1.807) is 0 Å². The van der Waals surface area contributed by atoms with Gasteiger partial charge in [-0.3, -0.25) is 4.90 Å². The molecule has 0 bridgehead atoms. The molecule has 2 aromatic heterocycles. The minimum absolute atomic E-state index is 0.0458. The molecule has 0 spiro atoms. The highest BCUT2D eigenvalue weighted by Gasteiger charge is 2.19. The third kappa shape index (κ3) is 2.42. The predicted molar refractivity (Wildman–Crippen MR) is 75.0 cm³/mol. The molecule has 6 nitrogen and oxygen atoms in total. The van der Waals surface area contributed by atoms with Gasteiger partial charge in [0.2, 0.25) is 5.89 Å². The summed E-state index contributed by atoms with van der Waals surface area (Å²) in [7, 11) is 2.01. The van der Waals surface area contributed by atoms with Crippen LogP contribution in [0.2, 0.25) is 0 Å². The molecule has 2 heterocycles. The Kier molecular flexibility index (Phi) is 3.23. The molecule has 0 aliphatic carbocycles. The molecule has 104 valence electrons. The maximum atomic E-state index is 5.21. The predicted octanol–water partition coefficient (Wildman–Crippen LogP) is 2.45. The fourth-order valence-electron chi connectivity index (χ4n) is 2.13. The number of benzene rings is 1. The molecule has 0 saturated heterocycles. The highest BCUT2D eigenvalue weighted by Crippen LogP contribution is 2.19. The Hall–Kier alpha value is -2.21. The van der Waals surface area contributed by atoms with Crippen LogP contribution in [-0.2, 0) is 6.54 Å². The van der Waals surface area contributed by atoms with E-state index >= 15 is 0 Å². The number of aromatic nitrogens is 4. The molecule has 1 aromatic carbocycles. The van der Waals surface area contributed by atoms with Crippen LogP contribution in [0.25, 0.3) is 11.0 Å². The standard InChI is InChI=1S/C14H17N5O/c1-9(14-15-10(2)18-20-14)19(3)8-13-16-11-6-4-5-7-12(11)17-13/h4-7,9H,8H2,1-3H3,(H,16,17)/t9-/m0/s1. The van der Waals surface area contributed by atoms with E-state index < -0.39 is 0 Å². The molecule has 1 N–H and O–H groups in total. The zero-order chi connectivity index (χ0) is 14.1. The highest BCUT2D eigenvalue weighted by molar-refractivity contribution is 5.74. The van der Waals surface area contributed by atoms with Crippen molar-refractivity contribution >= 4 is 11.0 Å². The van der Waals surface area contributed by atoms with Crippen molar-refractivity contribution in [2.24, 2.45) is 0 Å². The number of aryl methyl sites for hydroxylation is 1. The summed E-state index contributed by atoms with van der Waals surface area (Å²) in [5.41, 5.74) is 2.04.